The van der Waals surface area contributed by atoms with Gasteiger partial charge in [0.1, 0.15) is 24.5 Å². The summed E-state index contributed by atoms with van der Waals surface area (Å²) in [4.78, 5) is 32.2. The monoisotopic (exact) mass is 536 g/mol. The summed E-state index contributed by atoms with van der Waals surface area (Å²) in [6.45, 7) is 4.82. The number of rotatable bonds is 9. The fourth-order valence-electron chi connectivity index (χ4n) is 5.12. The molecule has 0 bridgehead atoms. The number of H-pyrrole nitrogens is 1. The van der Waals surface area contributed by atoms with E-state index in [-0.39, 0.29) is 12.0 Å². The SMILES string of the molecule is Cc1cccc(-c2nc(CNC3CCCN(CC(=O)OCc4ccccc4)C3)[nH]c2-c2ccn3ncnc3c2)n1. The number of likely N-dealkylation sites (tertiary alicyclic amines) is 1. The van der Waals surface area contributed by atoms with Crippen molar-refractivity contribution in [2.24, 2.45) is 0 Å². The van der Waals surface area contributed by atoms with Crippen molar-refractivity contribution in [3.05, 3.63) is 90.3 Å². The lowest BCUT2D eigenvalue weighted by atomic mass is 10.1. The van der Waals surface area contributed by atoms with Gasteiger partial charge in [-0.2, -0.15) is 5.10 Å². The molecule has 204 valence electrons. The second-order valence-corrected chi connectivity index (χ2v) is 10.2. The van der Waals surface area contributed by atoms with Crippen molar-refractivity contribution < 1.29 is 9.53 Å². The molecule has 6 rings (SSSR count). The van der Waals surface area contributed by atoms with Gasteiger partial charge in [0, 0.05) is 30.0 Å². The van der Waals surface area contributed by atoms with Crippen molar-refractivity contribution in [2.75, 3.05) is 19.6 Å². The highest BCUT2D eigenvalue weighted by Gasteiger charge is 2.23. The maximum Gasteiger partial charge on any atom is 0.320 e. The number of fused-ring (bicyclic) bond motifs is 1. The molecule has 5 aromatic rings. The Labute approximate surface area is 232 Å². The molecule has 1 unspecified atom stereocenters. The number of esters is 1. The third-order valence-electron chi connectivity index (χ3n) is 7.11. The van der Waals surface area contributed by atoms with Gasteiger partial charge in [-0.3, -0.25) is 14.7 Å². The summed E-state index contributed by atoms with van der Waals surface area (Å²) < 4.78 is 7.23. The fraction of sp³-hybridized carbons (Fsp3) is 0.300. The standard InChI is InChI=1S/C30H32N8O2/c1-21-7-5-11-25(34-21)30-29(23-12-14-38-27(15-23)32-20-33-38)35-26(36-30)16-31-24-10-6-13-37(17-24)18-28(39)40-19-22-8-3-2-4-9-22/h2-5,7-9,11-12,14-15,20,24,31H,6,10,13,16-19H2,1H3,(H,35,36). The van der Waals surface area contributed by atoms with Crippen LogP contribution in [0.25, 0.3) is 28.3 Å². The van der Waals surface area contributed by atoms with Gasteiger partial charge in [-0.15, -0.1) is 0 Å². The number of piperidine rings is 1. The molecule has 1 aliphatic rings. The average Bonchev–Trinajstić information content (AvgIpc) is 3.63. The molecule has 5 heterocycles. The number of benzene rings is 1. The van der Waals surface area contributed by atoms with E-state index in [0.717, 1.165) is 71.3 Å². The van der Waals surface area contributed by atoms with E-state index < -0.39 is 0 Å². The molecule has 1 saturated heterocycles. The van der Waals surface area contributed by atoms with Crippen LogP contribution in [0.15, 0.2) is 73.2 Å². The topological polar surface area (TPSA) is 113 Å². The summed E-state index contributed by atoms with van der Waals surface area (Å²) in [6, 6.07) is 20.0. The Morgan fingerprint density at radius 2 is 2.02 bits per heavy atom. The maximum absolute atomic E-state index is 12.5. The molecule has 2 N–H and O–H groups in total. The molecule has 1 fully saturated rings. The van der Waals surface area contributed by atoms with Crippen molar-refractivity contribution in [3.63, 3.8) is 0 Å². The number of carbonyl (C=O) groups is 1. The lowest BCUT2D eigenvalue weighted by Crippen LogP contribution is -2.47. The van der Waals surface area contributed by atoms with Crippen LogP contribution >= 0.6 is 0 Å². The minimum Gasteiger partial charge on any atom is -0.460 e. The van der Waals surface area contributed by atoms with Crippen molar-refractivity contribution >= 4 is 11.6 Å². The van der Waals surface area contributed by atoms with Crippen molar-refractivity contribution in [1.82, 2.24) is 39.8 Å². The van der Waals surface area contributed by atoms with Gasteiger partial charge in [0.25, 0.3) is 0 Å². The predicted octanol–water partition coefficient (Wildman–Crippen LogP) is 3.79. The Bertz CT molecular complexity index is 1600. The lowest BCUT2D eigenvalue weighted by molar-refractivity contribution is -0.146. The molecule has 10 heteroatoms. The number of nitrogens with zero attached hydrogens (tertiary/aromatic N) is 6. The third-order valence-corrected chi connectivity index (χ3v) is 7.11. The molecule has 0 aliphatic carbocycles. The molecular weight excluding hydrogens is 504 g/mol. The number of aromatic amines is 1. The molecule has 1 atom stereocenters. The van der Waals surface area contributed by atoms with Crippen molar-refractivity contribution in [1.29, 1.82) is 0 Å². The first-order valence-corrected chi connectivity index (χ1v) is 13.6. The molecule has 0 amide bonds. The highest BCUT2D eigenvalue weighted by molar-refractivity contribution is 5.78. The van der Waals surface area contributed by atoms with Gasteiger partial charge < -0.3 is 15.0 Å². The van der Waals surface area contributed by atoms with Crippen LogP contribution in [-0.2, 0) is 22.7 Å². The lowest BCUT2D eigenvalue weighted by Gasteiger charge is -2.32. The van der Waals surface area contributed by atoms with Gasteiger partial charge in [0.2, 0.25) is 0 Å². The molecule has 40 heavy (non-hydrogen) atoms. The Morgan fingerprint density at radius 1 is 1.12 bits per heavy atom. The molecule has 10 nitrogen and oxygen atoms in total. The van der Waals surface area contributed by atoms with Crippen molar-refractivity contribution in [2.45, 2.75) is 39.0 Å². The Morgan fingerprint density at radius 3 is 2.90 bits per heavy atom. The zero-order chi connectivity index (χ0) is 27.3. The van der Waals surface area contributed by atoms with E-state index in [4.69, 9.17) is 14.7 Å². The average molecular weight is 537 g/mol. The van der Waals surface area contributed by atoms with Gasteiger partial charge in [0.15, 0.2) is 5.65 Å². The third kappa shape index (κ3) is 6.08. The van der Waals surface area contributed by atoms with E-state index in [2.05, 4.69) is 25.3 Å². The second-order valence-electron chi connectivity index (χ2n) is 10.2. The molecule has 0 saturated carbocycles. The van der Waals surface area contributed by atoms with E-state index in [1.165, 1.54) is 0 Å². The van der Waals surface area contributed by atoms with E-state index in [0.29, 0.717) is 19.7 Å². The van der Waals surface area contributed by atoms with Gasteiger partial charge in [-0.25, -0.2) is 14.5 Å². The fourth-order valence-corrected chi connectivity index (χ4v) is 5.12. The van der Waals surface area contributed by atoms with Crippen LogP contribution < -0.4 is 5.32 Å². The number of hydrogen-bond acceptors (Lipinski definition) is 8. The Balaban J connectivity index is 1.12. The summed E-state index contributed by atoms with van der Waals surface area (Å²) in [7, 11) is 0. The zero-order valence-corrected chi connectivity index (χ0v) is 22.5. The van der Waals surface area contributed by atoms with Crippen molar-refractivity contribution in [3.8, 4) is 22.6 Å². The minimum atomic E-state index is -0.194. The Kier molecular flexibility index (Phi) is 7.60. The summed E-state index contributed by atoms with van der Waals surface area (Å²) in [6.07, 6.45) is 5.50. The maximum atomic E-state index is 12.5. The number of hydrogen-bond donors (Lipinski definition) is 2. The summed E-state index contributed by atoms with van der Waals surface area (Å²) in [5.41, 5.74) is 6.17. The Hall–Kier alpha value is -4.41. The number of ether oxygens (including phenoxy) is 1. The quantitative estimate of drug-likeness (QED) is 0.274. The van der Waals surface area contributed by atoms with Crippen LogP contribution in [0.5, 0.6) is 0 Å². The van der Waals surface area contributed by atoms with E-state index in [1.807, 2.05) is 73.8 Å². The first kappa shape index (κ1) is 25.8. The van der Waals surface area contributed by atoms with E-state index >= 15 is 0 Å². The normalized spacial score (nSPS) is 15.9. The minimum absolute atomic E-state index is 0.194. The number of nitrogens with one attached hydrogen (secondary N) is 2. The van der Waals surface area contributed by atoms with Crippen LogP contribution in [0.4, 0.5) is 0 Å². The van der Waals surface area contributed by atoms with Crippen LogP contribution in [0.3, 0.4) is 0 Å². The molecule has 0 radical (unpaired) electrons. The number of pyridine rings is 2. The number of carbonyl (C=O) groups excluding carboxylic acids is 1. The van der Waals surface area contributed by atoms with Gasteiger partial charge in [0.05, 0.1) is 24.5 Å². The first-order valence-electron chi connectivity index (χ1n) is 13.6. The highest BCUT2D eigenvalue weighted by Crippen LogP contribution is 2.30. The van der Waals surface area contributed by atoms with Crippen LogP contribution in [0.2, 0.25) is 0 Å². The molecular formula is C30H32N8O2. The molecule has 1 aliphatic heterocycles. The predicted molar refractivity (Wildman–Crippen MR) is 151 cm³/mol. The number of aromatic nitrogens is 6. The van der Waals surface area contributed by atoms with Gasteiger partial charge in [-0.05, 0) is 56.1 Å². The molecule has 4 aromatic heterocycles. The smallest absolute Gasteiger partial charge is 0.320 e. The summed E-state index contributed by atoms with van der Waals surface area (Å²) in [5.74, 6) is 0.633. The zero-order valence-electron chi connectivity index (χ0n) is 22.5. The van der Waals surface area contributed by atoms with Crippen LogP contribution in [-0.4, -0.2) is 66.1 Å². The van der Waals surface area contributed by atoms with Crippen LogP contribution in [0.1, 0.15) is 29.9 Å². The second kappa shape index (κ2) is 11.8. The largest absolute Gasteiger partial charge is 0.460 e. The number of aryl methyl sites for hydroxylation is 1. The van der Waals surface area contributed by atoms with E-state index in [9.17, 15) is 4.79 Å². The van der Waals surface area contributed by atoms with Gasteiger partial charge >= 0.3 is 5.97 Å². The summed E-state index contributed by atoms with van der Waals surface area (Å²) >= 11 is 0. The number of imidazole rings is 1. The molecule has 1 aromatic carbocycles. The van der Waals surface area contributed by atoms with E-state index in [1.54, 1.807) is 10.8 Å². The first-order chi connectivity index (χ1) is 19.6. The molecule has 0 spiro atoms. The summed E-state index contributed by atoms with van der Waals surface area (Å²) in [5, 5.41) is 7.85. The highest BCUT2D eigenvalue weighted by atomic mass is 16.5. The van der Waals surface area contributed by atoms with Crippen LogP contribution in [0, 0.1) is 6.92 Å². The van der Waals surface area contributed by atoms with Gasteiger partial charge in [-0.1, -0.05) is 36.4 Å².